The summed E-state index contributed by atoms with van der Waals surface area (Å²) in [5.74, 6) is -0.180. The van der Waals surface area contributed by atoms with Gasteiger partial charge in [0.05, 0.1) is 4.47 Å². The molecule has 1 nitrogen and oxygen atoms in total. The molecule has 1 N–H and O–H groups in total. The lowest BCUT2D eigenvalue weighted by molar-refractivity contribution is 0.143. The summed E-state index contributed by atoms with van der Waals surface area (Å²) >= 11 is 3.30. The fourth-order valence-electron chi connectivity index (χ4n) is 3.49. The molecule has 0 aromatic heterocycles. The molecule has 0 heterocycles. The van der Waals surface area contributed by atoms with Gasteiger partial charge in [-0.25, -0.2) is 4.39 Å². The molecule has 1 aromatic rings. The molecular formula is C18H27BrFN. The third kappa shape index (κ3) is 4.53. The second kappa shape index (κ2) is 7.73. The summed E-state index contributed by atoms with van der Waals surface area (Å²) < 4.78 is 14.0. The van der Waals surface area contributed by atoms with Crippen molar-refractivity contribution in [1.29, 1.82) is 0 Å². The minimum atomic E-state index is -0.180. The Morgan fingerprint density at radius 1 is 1.29 bits per heavy atom. The molecule has 0 radical (unpaired) electrons. The van der Waals surface area contributed by atoms with E-state index in [2.05, 4.69) is 35.1 Å². The summed E-state index contributed by atoms with van der Waals surface area (Å²) in [7, 11) is 0. The van der Waals surface area contributed by atoms with Gasteiger partial charge in [0.1, 0.15) is 5.82 Å². The molecule has 1 atom stereocenters. The first kappa shape index (κ1) is 17.0. The number of rotatable bonds is 6. The highest BCUT2D eigenvalue weighted by Crippen LogP contribution is 2.40. The average molecular weight is 356 g/mol. The van der Waals surface area contributed by atoms with Crippen LogP contribution in [0.3, 0.4) is 0 Å². The van der Waals surface area contributed by atoms with Crippen LogP contribution in [-0.4, -0.2) is 12.6 Å². The highest BCUT2D eigenvalue weighted by atomic mass is 79.9. The Morgan fingerprint density at radius 2 is 2.00 bits per heavy atom. The van der Waals surface area contributed by atoms with E-state index in [0.29, 0.717) is 15.9 Å². The van der Waals surface area contributed by atoms with Crippen molar-refractivity contribution >= 4 is 15.9 Å². The Morgan fingerprint density at radius 3 is 2.62 bits per heavy atom. The Kier molecular flexibility index (Phi) is 6.24. The minimum Gasteiger partial charge on any atom is -0.313 e. The highest BCUT2D eigenvalue weighted by molar-refractivity contribution is 9.10. The zero-order valence-electron chi connectivity index (χ0n) is 13.2. The van der Waals surface area contributed by atoms with E-state index in [9.17, 15) is 4.39 Å². The smallest absolute Gasteiger partial charge is 0.137 e. The molecule has 0 aliphatic heterocycles. The molecule has 1 fully saturated rings. The van der Waals surface area contributed by atoms with Crippen LogP contribution < -0.4 is 5.32 Å². The molecule has 0 amide bonds. The number of halogens is 2. The van der Waals surface area contributed by atoms with E-state index >= 15 is 0 Å². The fraction of sp³-hybridized carbons (Fsp3) is 0.667. The van der Waals surface area contributed by atoms with Crippen molar-refractivity contribution in [3.8, 4) is 0 Å². The van der Waals surface area contributed by atoms with Gasteiger partial charge in [0.2, 0.25) is 0 Å². The average Bonchev–Trinajstić information content (AvgIpc) is 2.47. The van der Waals surface area contributed by atoms with Crippen LogP contribution in [-0.2, 0) is 6.42 Å². The summed E-state index contributed by atoms with van der Waals surface area (Å²) in [6.07, 6.45) is 8.79. The zero-order chi connectivity index (χ0) is 15.3. The number of nitrogens with one attached hydrogen (secondary N) is 1. The van der Waals surface area contributed by atoms with Crippen molar-refractivity contribution < 1.29 is 4.39 Å². The third-order valence-electron chi connectivity index (χ3n) is 4.90. The Balaban J connectivity index is 2.13. The number of hydrogen-bond donors (Lipinski definition) is 1. The van der Waals surface area contributed by atoms with Crippen molar-refractivity contribution in [2.24, 2.45) is 5.41 Å². The normalized spacial score (nSPS) is 19.4. The van der Waals surface area contributed by atoms with Crippen molar-refractivity contribution in [1.82, 2.24) is 5.32 Å². The van der Waals surface area contributed by atoms with E-state index < -0.39 is 0 Å². The van der Waals surface area contributed by atoms with E-state index in [1.807, 2.05) is 12.1 Å². The molecule has 0 saturated heterocycles. The first-order valence-corrected chi connectivity index (χ1v) is 9.02. The van der Waals surface area contributed by atoms with Crippen molar-refractivity contribution in [3.05, 3.63) is 34.1 Å². The van der Waals surface area contributed by atoms with E-state index in [-0.39, 0.29) is 5.82 Å². The Bertz CT molecular complexity index is 455. The lowest BCUT2D eigenvalue weighted by Crippen LogP contribution is -2.46. The maximum Gasteiger partial charge on any atom is 0.137 e. The SMILES string of the molecule is CCCNC(Cc1ccc(F)c(Br)c1)C1(C)CCCCC1. The van der Waals surface area contributed by atoms with Gasteiger partial charge in [-0.2, -0.15) is 0 Å². The minimum absolute atomic E-state index is 0.180. The van der Waals surface area contributed by atoms with Crippen LogP contribution in [0.15, 0.2) is 22.7 Å². The van der Waals surface area contributed by atoms with E-state index in [1.165, 1.54) is 37.7 Å². The van der Waals surface area contributed by atoms with Gasteiger partial charge >= 0.3 is 0 Å². The molecule has 1 saturated carbocycles. The van der Waals surface area contributed by atoms with Gasteiger partial charge in [0, 0.05) is 6.04 Å². The lowest BCUT2D eigenvalue weighted by atomic mass is 9.69. The standard InChI is InChI=1S/C18H27BrFN/c1-3-11-21-17(18(2)9-5-4-6-10-18)13-14-7-8-16(20)15(19)12-14/h7-8,12,17,21H,3-6,9-11,13H2,1-2H3. The highest BCUT2D eigenvalue weighted by Gasteiger charge is 2.35. The summed E-state index contributed by atoms with van der Waals surface area (Å²) in [5, 5.41) is 3.75. The molecule has 0 bridgehead atoms. The fourth-order valence-corrected chi connectivity index (χ4v) is 3.92. The van der Waals surface area contributed by atoms with Crippen molar-refractivity contribution in [2.45, 2.75) is 64.8 Å². The topological polar surface area (TPSA) is 12.0 Å². The summed E-state index contributed by atoms with van der Waals surface area (Å²) in [5.41, 5.74) is 1.58. The number of benzene rings is 1. The van der Waals surface area contributed by atoms with Crippen LogP contribution in [0.1, 0.15) is 57.9 Å². The summed E-state index contributed by atoms with van der Waals surface area (Å²) in [4.78, 5) is 0. The monoisotopic (exact) mass is 355 g/mol. The van der Waals surface area contributed by atoms with Crippen LogP contribution in [0.25, 0.3) is 0 Å². The maximum atomic E-state index is 13.4. The van der Waals surface area contributed by atoms with Crippen LogP contribution in [0.5, 0.6) is 0 Å². The molecule has 1 aliphatic carbocycles. The van der Waals surface area contributed by atoms with Crippen LogP contribution in [0.4, 0.5) is 4.39 Å². The second-order valence-electron chi connectivity index (χ2n) is 6.67. The molecule has 3 heteroatoms. The van der Waals surface area contributed by atoms with Gasteiger partial charge in [0.25, 0.3) is 0 Å². The third-order valence-corrected chi connectivity index (χ3v) is 5.51. The molecular weight excluding hydrogens is 329 g/mol. The van der Waals surface area contributed by atoms with Gasteiger partial charge in [-0.05, 0) is 71.3 Å². The zero-order valence-corrected chi connectivity index (χ0v) is 14.8. The first-order chi connectivity index (χ1) is 10.0. The second-order valence-corrected chi connectivity index (χ2v) is 7.53. The molecule has 1 aliphatic rings. The largest absolute Gasteiger partial charge is 0.313 e. The van der Waals surface area contributed by atoms with E-state index in [4.69, 9.17) is 0 Å². The Labute approximate surface area is 136 Å². The van der Waals surface area contributed by atoms with E-state index in [1.54, 1.807) is 6.07 Å². The van der Waals surface area contributed by atoms with Crippen molar-refractivity contribution in [3.63, 3.8) is 0 Å². The molecule has 2 rings (SSSR count). The molecule has 21 heavy (non-hydrogen) atoms. The van der Waals surface area contributed by atoms with Gasteiger partial charge in [-0.1, -0.05) is 39.2 Å². The predicted octanol–water partition coefficient (Wildman–Crippen LogP) is 5.47. The van der Waals surface area contributed by atoms with Gasteiger partial charge < -0.3 is 5.32 Å². The molecule has 0 spiro atoms. The van der Waals surface area contributed by atoms with Gasteiger partial charge in [-0.3, -0.25) is 0 Å². The van der Waals surface area contributed by atoms with Crippen LogP contribution in [0, 0.1) is 11.2 Å². The summed E-state index contributed by atoms with van der Waals surface area (Å²) in [6, 6.07) is 5.91. The summed E-state index contributed by atoms with van der Waals surface area (Å²) in [6.45, 7) is 5.70. The first-order valence-electron chi connectivity index (χ1n) is 8.22. The predicted molar refractivity (Wildman–Crippen MR) is 91.1 cm³/mol. The van der Waals surface area contributed by atoms with Crippen LogP contribution in [0.2, 0.25) is 0 Å². The maximum absolute atomic E-state index is 13.4. The van der Waals surface area contributed by atoms with Gasteiger partial charge in [0.15, 0.2) is 0 Å². The van der Waals surface area contributed by atoms with E-state index in [0.717, 1.165) is 19.4 Å². The molecule has 1 aromatic carbocycles. The quantitative estimate of drug-likeness (QED) is 0.713. The number of hydrogen-bond acceptors (Lipinski definition) is 1. The molecule has 1 unspecified atom stereocenters. The molecule has 118 valence electrons. The van der Waals surface area contributed by atoms with Crippen LogP contribution >= 0.6 is 15.9 Å². The van der Waals surface area contributed by atoms with Gasteiger partial charge in [-0.15, -0.1) is 0 Å². The lowest BCUT2D eigenvalue weighted by Gasteiger charge is -2.41. The van der Waals surface area contributed by atoms with Crippen molar-refractivity contribution in [2.75, 3.05) is 6.54 Å². The Hall–Kier alpha value is -0.410.